The summed E-state index contributed by atoms with van der Waals surface area (Å²) in [4.78, 5) is 15.3. The Bertz CT molecular complexity index is 331. The molecule has 0 saturated heterocycles. The van der Waals surface area contributed by atoms with Gasteiger partial charge in [0.1, 0.15) is 0 Å². The summed E-state index contributed by atoms with van der Waals surface area (Å²) in [5.74, 6) is 0.524. The van der Waals surface area contributed by atoms with E-state index in [9.17, 15) is 4.79 Å². The highest BCUT2D eigenvalue weighted by molar-refractivity contribution is 6.32. The average molecular weight is 247 g/mol. The lowest BCUT2D eigenvalue weighted by atomic mass is 10.2. The van der Waals surface area contributed by atoms with Crippen LogP contribution in [0.1, 0.15) is 19.3 Å². The molecule has 0 aliphatic carbocycles. The molecule has 3 nitrogen and oxygen atoms in total. The molecular weight excluding hydrogens is 235 g/mol. The fourth-order valence-electron chi connectivity index (χ4n) is 1.07. The summed E-state index contributed by atoms with van der Waals surface area (Å²) in [6.45, 7) is 0. The topological polar surface area (TPSA) is 42.0 Å². The van der Waals surface area contributed by atoms with E-state index in [-0.39, 0.29) is 5.91 Å². The van der Waals surface area contributed by atoms with E-state index in [0.717, 1.165) is 12.8 Å². The molecular formula is C10H12Cl2N2O. The monoisotopic (exact) mass is 246 g/mol. The van der Waals surface area contributed by atoms with Gasteiger partial charge < -0.3 is 5.32 Å². The molecule has 0 unspecified atom stereocenters. The van der Waals surface area contributed by atoms with Crippen molar-refractivity contribution in [2.75, 3.05) is 11.2 Å². The fraction of sp³-hybridized carbons (Fsp3) is 0.400. The number of aromatic nitrogens is 1. The van der Waals surface area contributed by atoms with Gasteiger partial charge in [-0.2, -0.15) is 0 Å². The van der Waals surface area contributed by atoms with E-state index < -0.39 is 0 Å². The van der Waals surface area contributed by atoms with Gasteiger partial charge in [0, 0.05) is 18.5 Å². The summed E-state index contributed by atoms with van der Waals surface area (Å²) in [5, 5.41) is 3.00. The third kappa shape index (κ3) is 4.49. The van der Waals surface area contributed by atoms with Gasteiger partial charge in [-0.3, -0.25) is 4.79 Å². The Morgan fingerprint density at radius 1 is 1.47 bits per heavy atom. The highest BCUT2D eigenvalue weighted by Gasteiger charge is 2.05. The number of nitrogens with one attached hydrogen (secondary N) is 1. The Kier molecular flexibility index (Phi) is 5.43. The van der Waals surface area contributed by atoms with Gasteiger partial charge >= 0.3 is 0 Å². The molecule has 1 aromatic heterocycles. The first-order valence-corrected chi connectivity index (χ1v) is 5.61. The number of pyridine rings is 1. The molecule has 0 bridgehead atoms. The lowest BCUT2D eigenvalue weighted by Crippen LogP contribution is -2.11. The van der Waals surface area contributed by atoms with Crippen molar-refractivity contribution in [1.29, 1.82) is 0 Å². The molecule has 0 aromatic carbocycles. The third-order valence-corrected chi connectivity index (χ3v) is 2.39. The molecule has 15 heavy (non-hydrogen) atoms. The van der Waals surface area contributed by atoms with Crippen LogP contribution in [-0.2, 0) is 4.79 Å². The first-order chi connectivity index (χ1) is 7.24. The van der Waals surface area contributed by atoms with Gasteiger partial charge in [0.05, 0.1) is 5.69 Å². The molecule has 0 spiro atoms. The van der Waals surface area contributed by atoms with Gasteiger partial charge in [-0.05, 0) is 25.0 Å². The quantitative estimate of drug-likeness (QED) is 0.493. The van der Waals surface area contributed by atoms with Gasteiger partial charge in [-0.1, -0.05) is 11.6 Å². The minimum Gasteiger partial charge on any atom is -0.323 e. The average Bonchev–Trinajstić information content (AvgIpc) is 2.22. The van der Waals surface area contributed by atoms with Crippen molar-refractivity contribution >= 4 is 34.8 Å². The van der Waals surface area contributed by atoms with Crippen molar-refractivity contribution in [2.45, 2.75) is 19.3 Å². The molecule has 5 heteroatoms. The Morgan fingerprint density at radius 3 is 2.93 bits per heavy atom. The molecule has 0 aliphatic heterocycles. The van der Waals surface area contributed by atoms with Gasteiger partial charge in [-0.15, -0.1) is 11.6 Å². The number of carbonyl (C=O) groups excluding carboxylic acids is 1. The third-order valence-electron chi connectivity index (χ3n) is 1.82. The van der Waals surface area contributed by atoms with E-state index in [2.05, 4.69) is 10.3 Å². The van der Waals surface area contributed by atoms with E-state index in [1.165, 1.54) is 0 Å². The number of unbranched alkanes of at least 4 members (excludes halogenated alkanes) is 1. The minimum absolute atomic E-state index is 0.0602. The molecule has 0 saturated carbocycles. The van der Waals surface area contributed by atoms with Crippen LogP contribution in [0, 0.1) is 0 Å². The maximum atomic E-state index is 11.4. The molecule has 1 N–H and O–H groups in total. The Hall–Kier alpha value is -0.800. The zero-order valence-electron chi connectivity index (χ0n) is 8.17. The van der Waals surface area contributed by atoms with Crippen LogP contribution in [-0.4, -0.2) is 16.8 Å². The van der Waals surface area contributed by atoms with Gasteiger partial charge in [0.15, 0.2) is 5.15 Å². The van der Waals surface area contributed by atoms with Crippen molar-refractivity contribution < 1.29 is 4.79 Å². The standard InChI is InChI=1S/C10H12Cl2N2O/c11-6-2-1-5-9(15)14-8-4-3-7-13-10(8)12/h3-4,7H,1-2,5-6H2,(H,14,15). The van der Waals surface area contributed by atoms with Crippen LogP contribution in [0.3, 0.4) is 0 Å². The molecule has 1 amide bonds. The highest BCUT2D eigenvalue weighted by atomic mass is 35.5. The number of halogens is 2. The maximum absolute atomic E-state index is 11.4. The fourth-order valence-corrected chi connectivity index (χ4v) is 1.43. The predicted octanol–water partition coefficient (Wildman–Crippen LogP) is 3.08. The number of hydrogen-bond donors (Lipinski definition) is 1. The highest BCUT2D eigenvalue weighted by Crippen LogP contribution is 2.17. The molecule has 0 radical (unpaired) electrons. The van der Waals surface area contributed by atoms with Crippen LogP contribution in [0.25, 0.3) is 0 Å². The summed E-state index contributed by atoms with van der Waals surface area (Å²) in [6, 6.07) is 3.44. The van der Waals surface area contributed by atoms with E-state index >= 15 is 0 Å². The number of nitrogens with zero attached hydrogens (tertiary/aromatic N) is 1. The van der Waals surface area contributed by atoms with Gasteiger partial charge in [0.25, 0.3) is 0 Å². The maximum Gasteiger partial charge on any atom is 0.224 e. The van der Waals surface area contributed by atoms with Crippen LogP contribution in [0.4, 0.5) is 5.69 Å². The number of rotatable bonds is 5. The van der Waals surface area contributed by atoms with Crippen molar-refractivity contribution in [3.05, 3.63) is 23.5 Å². The molecule has 1 heterocycles. The summed E-state index contributed by atoms with van der Waals surface area (Å²) in [6.07, 6.45) is 3.66. The summed E-state index contributed by atoms with van der Waals surface area (Å²) < 4.78 is 0. The second-order valence-corrected chi connectivity index (χ2v) is 3.77. The Balaban J connectivity index is 2.41. The van der Waals surface area contributed by atoms with Gasteiger partial charge in [-0.25, -0.2) is 4.98 Å². The number of amides is 1. The molecule has 0 aliphatic rings. The van der Waals surface area contributed by atoms with Crippen molar-refractivity contribution in [3.63, 3.8) is 0 Å². The number of alkyl halides is 1. The predicted molar refractivity (Wildman–Crippen MR) is 62.4 cm³/mol. The number of hydrogen-bond acceptors (Lipinski definition) is 2. The molecule has 1 aromatic rings. The smallest absolute Gasteiger partial charge is 0.224 e. The van der Waals surface area contributed by atoms with Crippen molar-refractivity contribution in [3.8, 4) is 0 Å². The lowest BCUT2D eigenvalue weighted by Gasteiger charge is -2.05. The summed E-state index contributed by atoms with van der Waals surface area (Å²) in [5.41, 5.74) is 0.551. The first kappa shape index (κ1) is 12.3. The van der Waals surface area contributed by atoms with Crippen LogP contribution < -0.4 is 5.32 Å². The van der Waals surface area contributed by atoms with Crippen LogP contribution in [0.2, 0.25) is 5.15 Å². The van der Waals surface area contributed by atoms with E-state index in [0.29, 0.717) is 23.1 Å². The lowest BCUT2D eigenvalue weighted by molar-refractivity contribution is -0.116. The second-order valence-electron chi connectivity index (χ2n) is 3.04. The Labute approximate surface area is 98.8 Å². The van der Waals surface area contributed by atoms with Gasteiger partial charge in [0.2, 0.25) is 5.91 Å². The normalized spacial score (nSPS) is 10.0. The zero-order valence-corrected chi connectivity index (χ0v) is 9.68. The van der Waals surface area contributed by atoms with E-state index in [1.807, 2.05) is 0 Å². The van der Waals surface area contributed by atoms with Crippen LogP contribution in [0.5, 0.6) is 0 Å². The number of carbonyl (C=O) groups is 1. The van der Waals surface area contributed by atoms with Crippen LogP contribution >= 0.6 is 23.2 Å². The summed E-state index contributed by atoms with van der Waals surface area (Å²) >= 11 is 11.3. The van der Waals surface area contributed by atoms with E-state index in [1.54, 1.807) is 18.3 Å². The summed E-state index contributed by atoms with van der Waals surface area (Å²) in [7, 11) is 0. The minimum atomic E-state index is -0.0602. The van der Waals surface area contributed by atoms with Crippen molar-refractivity contribution in [1.82, 2.24) is 4.98 Å². The first-order valence-electron chi connectivity index (χ1n) is 4.70. The largest absolute Gasteiger partial charge is 0.323 e. The SMILES string of the molecule is O=C(CCCCCl)Nc1cccnc1Cl. The van der Waals surface area contributed by atoms with Crippen molar-refractivity contribution in [2.24, 2.45) is 0 Å². The zero-order chi connectivity index (χ0) is 11.1. The molecule has 1 rings (SSSR count). The number of anilines is 1. The molecule has 0 atom stereocenters. The second kappa shape index (κ2) is 6.64. The Morgan fingerprint density at radius 2 is 2.27 bits per heavy atom. The van der Waals surface area contributed by atoms with Crippen LogP contribution in [0.15, 0.2) is 18.3 Å². The molecule has 0 fully saturated rings. The molecule has 82 valence electrons. The van der Waals surface area contributed by atoms with E-state index in [4.69, 9.17) is 23.2 Å².